The number of rotatable bonds is 12. The van der Waals surface area contributed by atoms with Gasteiger partial charge in [-0.1, -0.05) is 51.9 Å². The molecule has 0 spiro atoms. The van der Waals surface area contributed by atoms with E-state index in [0.717, 1.165) is 13.2 Å². The zero-order chi connectivity index (χ0) is 12.9. The van der Waals surface area contributed by atoms with E-state index < -0.39 is 0 Å². The monoisotopic (exact) mass is 243 g/mol. The number of unbranched alkanes of at least 4 members (excludes halogenated alkanes) is 6. The van der Waals surface area contributed by atoms with Gasteiger partial charge in [0.2, 0.25) is 0 Å². The van der Waals surface area contributed by atoms with Crippen LogP contribution >= 0.6 is 0 Å². The van der Waals surface area contributed by atoms with Gasteiger partial charge in [0.25, 0.3) is 0 Å². The van der Waals surface area contributed by atoms with Crippen molar-refractivity contribution in [3.8, 4) is 0 Å². The largest absolute Gasteiger partial charge is 0.377 e. The van der Waals surface area contributed by atoms with Crippen molar-refractivity contribution in [2.75, 3.05) is 27.2 Å². The molecule has 0 aromatic rings. The molecule has 17 heavy (non-hydrogen) atoms. The summed E-state index contributed by atoms with van der Waals surface area (Å²) in [7, 11) is 4.24. The molecule has 0 aromatic heterocycles. The SMILES string of the molecule is CCCCCCCCCC(CN(C)C)OCC. The lowest BCUT2D eigenvalue weighted by atomic mass is 10.1. The van der Waals surface area contributed by atoms with Gasteiger partial charge in [-0.15, -0.1) is 0 Å². The summed E-state index contributed by atoms with van der Waals surface area (Å²) in [6.07, 6.45) is 11.3. The summed E-state index contributed by atoms with van der Waals surface area (Å²) in [4.78, 5) is 2.22. The summed E-state index contributed by atoms with van der Waals surface area (Å²) < 4.78 is 5.76. The van der Waals surface area contributed by atoms with E-state index in [1.54, 1.807) is 0 Å². The fourth-order valence-electron chi connectivity index (χ4n) is 2.20. The van der Waals surface area contributed by atoms with Crippen LogP contribution in [0.1, 0.15) is 65.2 Å². The Balaban J connectivity index is 3.40. The van der Waals surface area contributed by atoms with E-state index >= 15 is 0 Å². The first-order valence-corrected chi connectivity index (χ1v) is 7.47. The van der Waals surface area contributed by atoms with Gasteiger partial charge in [0, 0.05) is 13.2 Å². The molecule has 0 aliphatic heterocycles. The fraction of sp³-hybridized carbons (Fsp3) is 1.00. The highest BCUT2D eigenvalue weighted by molar-refractivity contribution is 4.61. The van der Waals surface area contributed by atoms with Crippen LogP contribution in [0.25, 0.3) is 0 Å². The molecular weight excluding hydrogens is 210 g/mol. The molecule has 0 amide bonds. The van der Waals surface area contributed by atoms with E-state index in [1.807, 2.05) is 0 Å². The lowest BCUT2D eigenvalue weighted by Gasteiger charge is -2.20. The fourth-order valence-corrected chi connectivity index (χ4v) is 2.20. The Morgan fingerprint density at radius 1 is 0.882 bits per heavy atom. The van der Waals surface area contributed by atoms with Crippen molar-refractivity contribution in [3.63, 3.8) is 0 Å². The maximum atomic E-state index is 5.76. The highest BCUT2D eigenvalue weighted by atomic mass is 16.5. The molecule has 0 saturated heterocycles. The second-order valence-corrected chi connectivity index (χ2v) is 5.25. The topological polar surface area (TPSA) is 12.5 Å². The van der Waals surface area contributed by atoms with Crippen molar-refractivity contribution < 1.29 is 4.74 Å². The van der Waals surface area contributed by atoms with Crippen LogP contribution in [0.4, 0.5) is 0 Å². The van der Waals surface area contributed by atoms with Crippen LogP contribution in [0.5, 0.6) is 0 Å². The van der Waals surface area contributed by atoms with E-state index in [9.17, 15) is 0 Å². The van der Waals surface area contributed by atoms with Gasteiger partial charge in [0.1, 0.15) is 0 Å². The summed E-state index contributed by atoms with van der Waals surface area (Å²) in [6.45, 7) is 6.26. The lowest BCUT2D eigenvalue weighted by Crippen LogP contribution is -2.28. The summed E-state index contributed by atoms with van der Waals surface area (Å²) in [5, 5.41) is 0. The third kappa shape index (κ3) is 12.2. The van der Waals surface area contributed by atoms with Crippen molar-refractivity contribution in [2.45, 2.75) is 71.3 Å². The van der Waals surface area contributed by atoms with Crippen LogP contribution in [0.2, 0.25) is 0 Å². The molecule has 0 aliphatic carbocycles. The summed E-state index contributed by atoms with van der Waals surface area (Å²) in [5.41, 5.74) is 0. The van der Waals surface area contributed by atoms with Gasteiger partial charge in [-0.2, -0.15) is 0 Å². The van der Waals surface area contributed by atoms with E-state index in [2.05, 4.69) is 32.8 Å². The average molecular weight is 243 g/mol. The molecule has 0 saturated carbocycles. The number of ether oxygens (including phenoxy) is 1. The molecule has 0 radical (unpaired) electrons. The van der Waals surface area contributed by atoms with Crippen LogP contribution in [-0.2, 0) is 4.74 Å². The Labute approximate surface area is 109 Å². The minimum absolute atomic E-state index is 0.436. The van der Waals surface area contributed by atoms with Crippen molar-refractivity contribution in [3.05, 3.63) is 0 Å². The molecule has 104 valence electrons. The van der Waals surface area contributed by atoms with Gasteiger partial charge in [-0.25, -0.2) is 0 Å². The minimum Gasteiger partial charge on any atom is -0.377 e. The van der Waals surface area contributed by atoms with Crippen molar-refractivity contribution in [2.24, 2.45) is 0 Å². The van der Waals surface area contributed by atoms with Gasteiger partial charge in [0.05, 0.1) is 6.10 Å². The molecule has 0 aromatic carbocycles. The van der Waals surface area contributed by atoms with Gasteiger partial charge in [-0.05, 0) is 27.4 Å². The third-order valence-electron chi connectivity index (χ3n) is 3.10. The van der Waals surface area contributed by atoms with Crippen LogP contribution in [0, 0.1) is 0 Å². The first-order valence-electron chi connectivity index (χ1n) is 7.47. The number of hydrogen-bond acceptors (Lipinski definition) is 2. The molecule has 2 heteroatoms. The third-order valence-corrected chi connectivity index (χ3v) is 3.10. The first kappa shape index (κ1) is 16.9. The van der Waals surface area contributed by atoms with Gasteiger partial charge >= 0.3 is 0 Å². The predicted molar refractivity (Wildman–Crippen MR) is 76.6 cm³/mol. The van der Waals surface area contributed by atoms with Crippen molar-refractivity contribution in [1.29, 1.82) is 0 Å². The average Bonchev–Trinajstić information content (AvgIpc) is 2.27. The van der Waals surface area contributed by atoms with E-state index in [0.29, 0.717) is 6.10 Å². The minimum atomic E-state index is 0.436. The second-order valence-electron chi connectivity index (χ2n) is 5.25. The van der Waals surface area contributed by atoms with Crippen molar-refractivity contribution >= 4 is 0 Å². The molecule has 1 unspecified atom stereocenters. The zero-order valence-electron chi connectivity index (χ0n) is 12.5. The molecular formula is C15H33NO. The highest BCUT2D eigenvalue weighted by Crippen LogP contribution is 2.11. The van der Waals surface area contributed by atoms with E-state index in [4.69, 9.17) is 4.74 Å². The summed E-state index contributed by atoms with van der Waals surface area (Å²) in [5.74, 6) is 0. The Bertz CT molecular complexity index is 148. The zero-order valence-corrected chi connectivity index (χ0v) is 12.5. The van der Waals surface area contributed by atoms with E-state index in [-0.39, 0.29) is 0 Å². The number of hydrogen-bond donors (Lipinski definition) is 0. The molecule has 1 atom stereocenters. The molecule has 0 aliphatic rings. The van der Waals surface area contributed by atoms with Crippen LogP contribution in [0.15, 0.2) is 0 Å². The van der Waals surface area contributed by atoms with E-state index in [1.165, 1.54) is 51.4 Å². The maximum Gasteiger partial charge on any atom is 0.0701 e. The second kappa shape index (κ2) is 12.4. The number of likely N-dealkylation sites (N-methyl/N-ethyl adjacent to an activating group) is 1. The summed E-state index contributed by atoms with van der Waals surface area (Å²) in [6, 6.07) is 0. The standard InChI is InChI=1S/C15H33NO/c1-5-7-8-9-10-11-12-13-15(17-6-2)14-16(3)4/h15H,5-14H2,1-4H3. The first-order chi connectivity index (χ1) is 8.20. The molecule has 0 heterocycles. The van der Waals surface area contributed by atoms with Crippen molar-refractivity contribution in [1.82, 2.24) is 4.90 Å². The Kier molecular flexibility index (Phi) is 12.3. The Hall–Kier alpha value is -0.0800. The number of nitrogens with zero attached hydrogens (tertiary/aromatic N) is 1. The molecule has 0 fully saturated rings. The lowest BCUT2D eigenvalue weighted by molar-refractivity contribution is 0.0369. The smallest absolute Gasteiger partial charge is 0.0701 e. The maximum absolute atomic E-state index is 5.76. The predicted octanol–water partition coefficient (Wildman–Crippen LogP) is 4.09. The normalized spacial score (nSPS) is 13.2. The molecule has 0 bridgehead atoms. The Morgan fingerprint density at radius 3 is 2.00 bits per heavy atom. The van der Waals surface area contributed by atoms with Crippen LogP contribution in [0.3, 0.4) is 0 Å². The van der Waals surface area contributed by atoms with Gasteiger partial charge < -0.3 is 9.64 Å². The van der Waals surface area contributed by atoms with Crippen LogP contribution < -0.4 is 0 Å². The van der Waals surface area contributed by atoms with Gasteiger partial charge in [0.15, 0.2) is 0 Å². The quantitative estimate of drug-likeness (QED) is 0.479. The molecule has 2 nitrogen and oxygen atoms in total. The highest BCUT2D eigenvalue weighted by Gasteiger charge is 2.08. The summed E-state index contributed by atoms with van der Waals surface area (Å²) >= 11 is 0. The molecule has 0 N–H and O–H groups in total. The van der Waals surface area contributed by atoms with Gasteiger partial charge in [-0.3, -0.25) is 0 Å². The van der Waals surface area contributed by atoms with Crippen LogP contribution in [-0.4, -0.2) is 38.3 Å². The molecule has 0 rings (SSSR count). The Morgan fingerprint density at radius 2 is 1.47 bits per heavy atom.